The van der Waals surface area contributed by atoms with Crippen LogP contribution in [0, 0.1) is 0 Å². The number of hydrogen-bond donors (Lipinski definition) is 3. The number of aliphatic hydroxyl groups excluding tert-OH is 1. The molecule has 0 rings (SSSR count). The highest BCUT2D eigenvalue weighted by Crippen LogP contribution is 2.45. The number of unbranched alkanes of at least 4 members (excludes halogenated alkanes) is 42. The summed E-state index contributed by atoms with van der Waals surface area (Å²) >= 11 is 0. The Kier molecular flexibility index (Phi) is 70.2. The van der Waals surface area contributed by atoms with Gasteiger partial charge in [0.05, 0.1) is 26.4 Å². The zero-order chi connectivity index (χ0) is 71.8. The lowest BCUT2D eigenvalue weighted by molar-refractivity contribution is -0.161. The van der Waals surface area contributed by atoms with Gasteiger partial charge in [-0.05, 0) is 64.2 Å². The fourth-order valence-corrected chi connectivity index (χ4v) is 12.9. The van der Waals surface area contributed by atoms with E-state index in [4.69, 9.17) is 37.0 Å². The number of carbonyl (C=O) groups excluding carboxylic acids is 4. The summed E-state index contributed by atoms with van der Waals surface area (Å²) in [5, 5.41) is 10.6. The number of phosphoric acid groups is 2. The summed E-state index contributed by atoms with van der Waals surface area (Å²) < 4.78 is 68.6. The van der Waals surface area contributed by atoms with Crippen LogP contribution in [0.1, 0.15) is 374 Å². The highest BCUT2D eigenvalue weighted by atomic mass is 31.2. The molecule has 0 aliphatic rings. The molecule has 0 aromatic rings. The van der Waals surface area contributed by atoms with E-state index in [-0.39, 0.29) is 25.7 Å². The minimum absolute atomic E-state index is 0.0960. The van der Waals surface area contributed by atoms with Crippen molar-refractivity contribution < 1.29 is 80.2 Å². The van der Waals surface area contributed by atoms with E-state index in [0.29, 0.717) is 25.7 Å². The summed E-state index contributed by atoms with van der Waals surface area (Å²) in [4.78, 5) is 72.9. The van der Waals surface area contributed by atoms with Gasteiger partial charge >= 0.3 is 39.5 Å². The van der Waals surface area contributed by atoms with Crippen LogP contribution in [0.3, 0.4) is 0 Å². The van der Waals surface area contributed by atoms with Crippen LogP contribution in [0.2, 0.25) is 0 Å². The van der Waals surface area contributed by atoms with E-state index in [9.17, 15) is 43.2 Å². The van der Waals surface area contributed by atoms with E-state index >= 15 is 0 Å². The Bertz CT molecular complexity index is 2050. The fourth-order valence-electron chi connectivity index (χ4n) is 11.3. The molecule has 0 spiro atoms. The largest absolute Gasteiger partial charge is 0.472 e. The lowest BCUT2D eigenvalue weighted by atomic mass is 10.0. The van der Waals surface area contributed by atoms with Gasteiger partial charge in [0.2, 0.25) is 0 Å². The molecule has 0 aliphatic carbocycles. The molecule has 98 heavy (non-hydrogen) atoms. The molecule has 17 nitrogen and oxygen atoms in total. The minimum atomic E-state index is -4.97. The third kappa shape index (κ3) is 71.4. The van der Waals surface area contributed by atoms with E-state index in [1.165, 1.54) is 173 Å². The van der Waals surface area contributed by atoms with Crippen molar-refractivity contribution >= 4 is 39.5 Å². The Morgan fingerprint density at radius 1 is 0.296 bits per heavy atom. The summed E-state index contributed by atoms with van der Waals surface area (Å²) in [6, 6.07) is 0. The first-order chi connectivity index (χ1) is 47.7. The number of carbonyl (C=O) groups is 4. The van der Waals surface area contributed by atoms with E-state index in [1.54, 1.807) is 0 Å². The molecule has 0 bridgehead atoms. The summed E-state index contributed by atoms with van der Waals surface area (Å²) in [5.74, 6) is -2.16. The van der Waals surface area contributed by atoms with Crippen molar-refractivity contribution in [1.29, 1.82) is 0 Å². The molecule has 19 heteroatoms. The fraction of sp³-hybridized carbons (Fsp3) is 0.848. The van der Waals surface area contributed by atoms with Crippen LogP contribution in [0.25, 0.3) is 0 Å². The number of phosphoric ester groups is 2. The zero-order valence-corrected chi connectivity index (χ0v) is 64.5. The first-order valence-corrected chi connectivity index (χ1v) is 42.9. The summed E-state index contributed by atoms with van der Waals surface area (Å²) in [7, 11) is -9.93. The molecule has 0 amide bonds. The molecule has 0 fully saturated rings. The molecule has 0 aromatic heterocycles. The van der Waals surface area contributed by atoms with Gasteiger partial charge in [0.1, 0.15) is 19.3 Å². The van der Waals surface area contributed by atoms with Crippen LogP contribution in [-0.2, 0) is 65.4 Å². The highest BCUT2D eigenvalue weighted by Gasteiger charge is 2.30. The third-order valence-electron chi connectivity index (χ3n) is 17.3. The van der Waals surface area contributed by atoms with Crippen LogP contribution in [-0.4, -0.2) is 96.7 Å². The standard InChI is InChI=1S/C79H146O17P2/c1-5-9-13-17-21-25-29-32-35-36-39-41-45-48-52-56-60-64-77(82)89-69-74(95-78(83)65-61-57-53-49-43-28-24-20-16-12-8-4)71-93-97(85,86)91-67-73(80)68-92-98(87,88)94-72-75(96-79(84)66-62-58-54-50-46-42-38-34-31-27-23-19-15-11-7-3)70-90-76(81)63-59-55-51-47-44-40-37-33-30-26-22-18-14-10-6-2/h9,13,21,25,32,35,39,41,73-75,80H,5-8,10-12,14-20,22-24,26-31,33-34,36-38,40,42-72H2,1-4H3,(H,85,86)(H,87,88)/b13-9-,25-21-,35-32-,41-39-. The molecule has 0 radical (unpaired) electrons. The van der Waals surface area contributed by atoms with Crippen molar-refractivity contribution in [1.82, 2.24) is 0 Å². The number of aliphatic hydroxyl groups is 1. The maximum absolute atomic E-state index is 13.1. The molecule has 5 unspecified atom stereocenters. The monoisotopic (exact) mass is 1430 g/mol. The molecule has 0 saturated heterocycles. The lowest BCUT2D eigenvalue weighted by Crippen LogP contribution is -2.30. The maximum atomic E-state index is 13.1. The number of esters is 4. The zero-order valence-electron chi connectivity index (χ0n) is 62.7. The molecule has 0 aliphatic heterocycles. The Labute approximate surface area is 597 Å². The summed E-state index contributed by atoms with van der Waals surface area (Å²) in [5.41, 5.74) is 0. The van der Waals surface area contributed by atoms with Crippen molar-refractivity contribution in [2.45, 2.75) is 393 Å². The van der Waals surface area contributed by atoms with Crippen LogP contribution >= 0.6 is 15.6 Å². The normalized spacial score (nSPS) is 14.2. The van der Waals surface area contributed by atoms with Crippen LogP contribution < -0.4 is 0 Å². The summed E-state index contributed by atoms with van der Waals surface area (Å²) in [6.45, 7) is 4.82. The predicted octanol–water partition coefficient (Wildman–Crippen LogP) is 22.9. The molecular weight excluding hydrogens is 1280 g/mol. The van der Waals surface area contributed by atoms with Gasteiger partial charge in [0.25, 0.3) is 0 Å². The Morgan fingerprint density at radius 3 is 0.816 bits per heavy atom. The number of hydrogen-bond acceptors (Lipinski definition) is 15. The first-order valence-electron chi connectivity index (χ1n) is 39.9. The SMILES string of the molecule is CC/C=C\C/C=C\C/C=C\C/C=C\CCCCCCC(=O)OCC(COP(=O)(O)OCC(O)COP(=O)(O)OCC(COC(=O)CCCCCCCCCCCCCCCCC)OC(=O)CCCCCCCCCCCCCCCCC)OC(=O)CCCCCCCCCCCCC. The molecule has 0 saturated carbocycles. The van der Waals surface area contributed by atoms with Crippen LogP contribution in [0.4, 0.5) is 0 Å². The van der Waals surface area contributed by atoms with Crippen LogP contribution in [0.15, 0.2) is 48.6 Å². The topological polar surface area (TPSA) is 237 Å². The molecule has 3 N–H and O–H groups in total. The van der Waals surface area contributed by atoms with Gasteiger partial charge in [-0.25, -0.2) is 9.13 Å². The van der Waals surface area contributed by atoms with Gasteiger partial charge in [-0.3, -0.25) is 37.3 Å². The summed E-state index contributed by atoms with van der Waals surface area (Å²) in [6.07, 6.45) is 69.5. The minimum Gasteiger partial charge on any atom is -0.462 e. The van der Waals surface area contributed by atoms with Crippen molar-refractivity contribution in [2.24, 2.45) is 0 Å². The number of ether oxygens (including phenoxy) is 4. The van der Waals surface area contributed by atoms with E-state index in [1.807, 2.05) is 0 Å². The van der Waals surface area contributed by atoms with Crippen LogP contribution in [0.5, 0.6) is 0 Å². The number of allylic oxidation sites excluding steroid dienone is 8. The van der Waals surface area contributed by atoms with Gasteiger partial charge in [-0.1, -0.05) is 333 Å². The predicted molar refractivity (Wildman–Crippen MR) is 400 cm³/mol. The van der Waals surface area contributed by atoms with Gasteiger partial charge in [-0.15, -0.1) is 0 Å². The van der Waals surface area contributed by atoms with Crippen molar-refractivity contribution in [2.75, 3.05) is 39.6 Å². The van der Waals surface area contributed by atoms with Gasteiger partial charge in [0.15, 0.2) is 12.2 Å². The second kappa shape index (κ2) is 72.4. The first kappa shape index (κ1) is 95.0. The van der Waals surface area contributed by atoms with Gasteiger partial charge < -0.3 is 33.8 Å². The Hall–Kier alpha value is -2.98. The highest BCUT2D eigenvalue weighted by molar-refractivity contribution is 7.47. The lowest BCUT2D eigenvalue weighted by Gasteiger charge is -2.21. The second-order valence-electron chi connectivity index (χ2n) is 27.0. The second-order valence-corrected chi connectivity index (χ2v) is 29.9. The smallest absolute Gasteiger partial charge is 0.462 e. The molecule has 0 aromatic carbocycles. The van der Waals surface area contributed by atoms with E-state index in [2.05, 4.69) is 76.3 Å². The van der Waals surface area contributed by atoms with Gasteiger partial charge in [-0.2, -0.15) is 0 Å². The van der Waals surface area contributed by atoms with E-state index < -0.39 is 97.5 Å². The van der Waals surface area contributed by atoms with Crippen molar-refractivity contribution in [3.63, 3.8) is 0 Å². The molecule has 0 heterocycles. The van der Waals surface area contributed by atoms with E-state index in [0.717, 1.165) is 122 Å². The average Bonchev–Trinajstić information content (AvgIpc) is 0.986. The van der Waals surface area contributed by atoms with Crippen molar-refractivity contribution in [3.05, 3.63) is 48.6 Å². The number of rotatable bonds is 76. The van der Waals surface area contributed by atoms with Crippen molar-refractivity contribution in [3.8, 4) is 0 Å². The molecule has 5 atom stereocenters. The third-order valence-corrected chi connectivity index (χ3v) is 19.2. The Morgan fingerprint density at radius 2 is 0.531 bits per heavy atom. The Balaban J connectivity index is 5.29. The van der Waals surface area contributed by atoms with Gasteiger partial charge in [0, 0.05) is 25.7 Å². The maximum Gasteiger partial charge on any atom is 0.472 e. The molecular formula is C79H146O17P2. The quantitative estimate of drug-likeness (QED) is 0.0169. The molecule has 574 valence electrons. The average molecular weight is 1430 g/mol.